The van der Waals surface area contributed by atoms with Crippen LogP contribution >= 0.6 is 11.6 Å². The Labute approximate surface area is 421 Å². The molecule has 0 radical (unpaired) electrons. The summed E-state index contributed by atoms with van der Waals surface area (Å²) >= 11 is 6.04. The number of likely N-dealkylation sites (tertiary alicyclic amines) is 1. The molecule has 71 heavy (non-hydrogen) atoms. The van der Waals surface area contributed by atoms with Crippen LogP contribution < -0.4 is 16.0 Å². The van der Waals surface area contributed by atoms with Crippen LogP contribution in [-0.2, 0) is 30.3 Å². The zero-order chi connectivity index (χ0) is 51.1. The van der Waals surface area contributed by atoms with Gasteiger partial charge in [0.15, 0.2) is 0 Å². The summed E-state index contributed by atoms with van der Waals surface area (Å²) in [5, 5.41) is 43.6. The third-order valence-electron chi connectivity index (χ3n) is 18.0. The number of hydrogen-bond donors (Lipinski definition) is 7. The Balaban J connectivity index is 0.804. The number of nitrogens with one attached hydrogen (secondary N) is 4. The lowest BCUT2D eigenvalue weighted by atomic mass is 9.43. The maximum atomic E-state index is 14.0. The number of halogens is 2. The number of amides is 4. The molecule has 1 aromatic carbocycles. The molecule has 8 rings (SSSR count). The molecule has 17 heteroatoms. The highest BCUT2D eigenvalue weighted by molar-refractivity contribution is 6.30. The Bertz CT molecular complexity index is 2430. The molecule has 4 saturated carbocycles. The Hall–Kier alpha value is -4.64. The van der Waals surface area contributed by atoms with Gasteiger partial charge in [0.25, 0.3) is 5.91 Å². The summed E-state index contributed by atoms with van der Waals surface area (Å²) in [6, 6.07) is 6.04. The van der Waals surface area contributed by atoms with E-state index < -0.39 is 65.5 Å². The monoisotopic (exact) mass is 1000 g/mol. The van der Waals surface area contributed by atoms with Crippen molar-refractivity contribution in [1.82, 2.24) is 30.8 Å². The molecule has 1 saturated heterocycles. The van der Waals surface area contributed by atoms with Gasteiger partial charge in [0, 0.05) is 44.2 Å². The van der Waals surface area contributed by atoms with Gasteiger partial charge in [-0.05, 0) is 140 Å². The molecule has 3 heterocycles. The van der Waals surface area contributed by atoms with E-state index in [0.29, 0.717) is 55.0 Å². The van der Waals surface area contributed by atoms with Crippen LogP contribution in [0.25, 0.3) is 10.9 Å². The number of ether oxygens (including phenoxy) is 1. The van der Waals surface area contributed by atoms with E-state index in [0.717, 1.165) is 25.7 Å². The fourth-order valence-corrected chi connectivity index (χ4v) is 14.1. The number of nitrogens with zero attached hydrogens (tertiary/aromatic N) is 2. The number of carbonyl (C=O) groups is 5. The first kappa shape index (κ1) is 52.7. The van der Waals surface area contributed by atoms with Crippen LogP contribution in [0.15, 0.2) is 42.6 Å². The van der Waals surface area contributed by atoms with Crippen LogP contribution in [0.1, 0.15) is 128 Å². The molecule has 2 aromatic heterocycles. The van der Waals surface area contributed by atoms with Crippen molar-refractivity contribution in [2.45, 2.75) is 161 Å². The number of aliphatic hydroxyl groups is 3. The van der Waals surface area contributed by atoms with Gasteiger partial charge in [0.05, 0.1) is 30.0 Å². The number of hydrogen-bond acceptors (Lipinski definition) is 10. The fraction of sp³-hybridized carbons (Fsp3) is 0.667. The molecule has 0 spiro atoms. The Kier molecular flexibility index (Phi) is 15.9. The number of pyridine rings is 1. The number of piperidine rings is 1. The molecule has 4 amide bonds. The maximum Gasteiger partial charge on any atom is 0.328 e. The van der Waals surface area contributed by atoms with Gasteiger partial charge < -0.3 is 45.9 Å². The van der Waals surface area contributed by atoms with Crippen molar-refractivity contribution >= 4 is 52.1 Å². The molecule has 388 valence electrons. The Morgan fingerprint density at radius 2 is 1.63 bits per heavy atom. The first-order valence-corrected chi connectivity index (χ1v) is 26.4. The first-order chi connectivity index (χ1) is 33.7. The molecule has 5 fully saturated rings. The summed E-state index contributed by atoms with van der Waals surface area (Å²) in [7, 11) is 0. The highest BCUT2D eigenvalue weighted by atomic mass is 35.5. The van der Waals surface area contributed by atoms with Crippen LogP contribution in [0.3, 0.4) is 0 Å². The van der Waals surface area contributed by atoms with Gasteiger partial charge in [0.1, 0.15) is 40.9 Å². The molecule has 0 bridgehead atoms. The van der Waals surface area contributed by atoms with E-state index in [1.807, 2.05) is 13.8 Å². The van der Waals surface area contributed by atoms with Crippen molar-refractivity contribution in [1.29, 1.82) is 0 Å². The van der Waals surface area contributed by atoms with Gasteiger partial charge in [0.2, 0.25) is 17.7 Å². The van der Waals surface area contributed by atoms with Crippen LogP contribution in [0.4, 0.5) is 4.39 Å². The standard InChI is InChI=1S/C54H74ClFN6O9/c1-28(2)48(61-46(66)14-7-29(3)37-12-13-38-47-39(26-44(65)54(37,38)6)53(5)18-15-35(63)24-33(53)25-43(47)64)50(68)58-30(4)52(70)71-36-16-19-62(20-17-36)51(69)41(21-31-8-10-34(56)11-9-31)60-49(67)40-22-32-23-45(55)57-27-42(32)59-40/h8-11,22-23,27-30,33,35-39,41,43-44,47-48,59,63-65H,7,12-21,24-26H2,1-6H3,(H,58,68)(H,60,67)(H,61,66)/t29-,30+,33?,35-,37-,38?,39?,41+,43-,44+,47?,48+,53+,54-/m1/s1. The lowest BCUT2D eigenvalue weighted by Gasteiger charge is -2.63. The van der Waals surface area contributed by atoms with Gasteiger partial charge in [-0.3, -0.25) is 19.2 Å². The molecule has 4 unspecified atom stereocenters. The van der Waals surface area contributed by atoms with Crippen molar-refractivity contribution in [3.8, 4) is 0 Å². The molecule has 4 aliphatic carbocycles. The fourth-order valence-electron chi connectivity index (χ4n) is 13.9. The lowest BCUT2D eigenvalue weighted by Crippen LogP contribution is -2.62. The number of benzene rings is 1. The van der Waals surface area contributed by atoms with E-state index in [1.54, 1.807) is 29.2 Å². The number of aromatic amines is 1. The number of fused-ring (bicyclic) bond motifs is 6. The molecular weight excluding hydrogens is 931 g/mol. The van der Waals surface area contributed by atoms with E-state index in [4.69, 9.17) is 16.3 Å². The average molecular weight is 1010 g/mol. The van der Waals surface area contributed by atoms with E-state index in [2.05, 4.69) is 46.7 Å². The largest absolute Gasteiger partial charge is 0.461 e. The SMILES string of the molecule is CC(C)[C@H](NC(=O)CC[C@@H](C)[C@H]1CCC2C3C(C[C@H](O)[C@@]21C)[C@@]1(C)CC[C@@H](O)CC1C[C@H]3O)C(=O)N[C@@H](C)C(=O)OC1CCN(C(=O)[C@H](Cc2ccc(F)cc2)NC(=O)c2cc3cc(Cl)ncc3[nH]2)CC1. The topological polar surface area (TPSA) is 223 Å². The lowest BCUT2D eigenvalue weighted by molar-refractivity contribution is -0.207. The third-order valence-corrected chi connectivity index (χ3v) is 18.2. The smallest absolute Gasteiger partial charge is 0.328 e. The number of aromatic nitrogens is 2. The van der Waals surface area contributed by atoms with Crippen molar-refractivity contribution < 1.29 is 48.4 Å². The summed E-state index contributed by atoms with van der Waals surface area (Å²) in [4.78, 5) is 76.7. The summed E-state index contributed by atoms with van der Waals surface area (Å²) in [6.45, 7) is 12.3. The van der Waals surface area contributed by atoms with Crippen LogP contribution in [0.2, 0.25) is 5.15 Å². The molecule has 15 nitrogen and oxygen atoms in total. The molecule has 7 N–H and O–H groups in total. The quantitative estimate of drug-likeness (QED) is 0.0670. The predicted octanol–water partition coefficient (Wildman–Crippen LogP) is 6.25. The predicted molar refractivity (Wildman–Crippen MR) is 265 cm³/mol. The Morgan fingerprint density at radius 1 is 0.915 bits per heavy atom. The van der Waals surface area contributed by atoms with Crippen LogP contribution in [-0.4, -0.2) is 115 Å². The molecular formula is C54H74ClFN6O9. The van der Waals surface area contributed by atoms with Gasteiger partial charge in [-0.15, -0.1) is 0 Å². The highest BCUT2D eigenvalue weighted by Crippen LogP contribution is 2.68. The first-order valence-electron chi connectivity index (χ1n) is 26.0. The summed E-state index contributed by atoms with van der Waals surface area (Å²) in [6.07, 6.45) is 6.77. The number of carbonyl (C=O) groups excluding carboxylic acids is 5. The molecule has 3 aromatic rings. The van der Waals surface area contributed by atoms with E-state index in [-0.39, 0.29) is 102 Å². The highest BCUT2D eigenvalue weighted by Gasteiger charge is 2.65. The van der Waals surface area contributed by atoms with Crippen molar-refractivity contribution in [2.75, 3.05) is 13.1 Å². The minimum atomic E-state index is -1.02. The number of esters is 1. The summed E-state index contributed by atoms with van der Waals surface area (Å²) < 4.78 is 19.6. The molecule has 1 aliphatic heterocycles. The maximum absolute atomic E-state index is 14.0. The van der Waals surface area contributed by atoms with E-state index >= 15 is 0 Å². The van der Waals surface area contributed by atoms with Gasteiger partial charge >= 0.3 is 5.97 Å². The average Bonchev–Trinajstić information content (AvgIpc) is 3.92. The van der Waals surface area contributed by atoms with E-state index in [1.165, 1.54) is 25.3 Å². The van der Waals surface area contributed by atoms with Crippen molar-refractivity contribution in [3.63, 3.8) is 0 Å². The second kappa shape index (κ2) is 21.4. The summed E-state index contributed by atoms with van der Waals surface area (Å²) in [5.41, 5.74) is 1.06. The number of aliphatic hydroxyl groups excluding tert-OH is 3. The minimum absolute atomic E-state index is 0.00826. The molecule has 14 atom stereocenters. The normalized spacial score (nSPS) is 31.4. The van der Waals surface area contributed by atoms with Gasteiger partial charge in [-0.1, -0.05) is 58.4 Å². The van der Waals surface area contributed by atoms with Crippen molar-refractivity contribution in [2.24, 2.45) is 52.3 Å². The van der Waals surface area contributed by atoms with Crippen LogP contribution in [0, 0.1) is 58.1 Å². The second-order valence-electron chi connectivity index (χ2n) is 22.7. The van der Waals surface area contributed by atoms with E-state index in [9.17, 15) is 43.7 Å². The van der Waals surface area contributed by atoms with Gasteiger partial charge in [-0.25, -0.2) is 14.2 Å². The second-order valence-corrected chi connectivity index (χ2v) is 23.0. The van der Waals surface area contributed by atoms with Gasteiger partial charge in [-0.2, -0.15) is 0 Å². The zero-order valence-corrected chi connectivity index (χ0v) is 42.7. The van der Waals surface area contributed by atoms with Crippen LogP contribution in [0.5, 0.6) is 0 Å². The number of H-pyrrole nitrogens is 1. The minimum Gasteiger partial charge on any atom is -0.461 e. The van der Waals surface area contributed by atoms with Crippen molar-refractivity contribution in [3.05, 3.63) is 64.8 Å². The Morgan fingerprint density at radius 3 is 2.34 bits per heavy atom. The summed E-state index contributed by atoms with van der Waals surface area (Å²) in [5.74, 6) is -1.98. The zero-order valence-electron chi connectivity index (χ0n) is 42.0. The molecule has 5 aliphatic rings. The number of rotatable bonds is 15. The third kappa shape index (κ3) is 11.0.